The molecule has 0 bridgehead atoms. The predicted molar refractivity (Wildman–Crippen MR) is 58.2 cm³/mol. The first-order valence-electron chi connectivity index (χ1n) is 4.66. The molecule has 1 saturated heterocycles. The van der Waals surface area contributed by atoms with Crippen LogP contribution in [0.4, 0.5) is 5.69 Å². The molecule has 4 heteroatoms. The number of Topliss-reactive ketones (excluding diaryl/α,β-unsaturated/α-hetero) is 1. The van der Waals surface area contributed by atoms with E-state index in [-0.39, 0.29) is 24.7 Å². The molecule has 0 unspecified atom stereocenters. The van der Waals surface area contributed by atoms with Gasteiger partial charge in [-0.3, -0.25) is 9.59 Å². The third kappa shape index (κ3) is 1.88. The van der Waals surface area contributed by atoms with E-state index in [0.29, 0.717) is 5.02 Å². The number of rotatable bonds is 1. The highest BCUT2D eigenvalue weighted by atomic mass is 35.5. The number of benzene rings is 1. The number of anilines is 1. The molecule has 1 aromatic rings. The maximum Gasteiger partial charge on any atom is 0.234 e. The van der Waals surface area contributed by atoms with Gasteiger partial charge in [-0.1, -0.05) is 11.6 Å². The fourth-order valence-electron chi connectivity index (χ4n) is 1.73. The lowest BCUT2D eigenvalue weighted by Gasteiger charge is -2.17. The van der Waals surface area contributed by atoms with Crippen LogP contribution < -0.4 is 4.90 Å². The predicted octanol–water partition coefficient (Wildman–Crippen LogP) is 1.95. The average Bonchev–Trinajstić information content (AvgIpc) is 2.45. The van der Waals surface area contributed by atoms with Crippen molar-refractivity contribution in [1.29, 1.82) is 0 Å². The second-order valence-corrected chi connectivity index (χ2v) is 4.06. The van der Waals surface area contributed by atoms with Crippen LogP contribution in [0.25, 0.3) is 0 Å². The van der Waals surface area contributed by atoms with Gasteiger partial charge in [0, 0.05) is 10.7 Å². The van der Waals surface area contributed by atoms with Crippen LogP contribution >= 0.6 is 11.6 Å². The molecule has 1 aliphatic rings. The van der Waals surface area contributed by atoms with E-state index in [1.165, 1.54) is 4.90 Å². The summed E-state index contributed by atoms with van der Waals surface area (Å²) < 4.78 is 0. The summed E-state index contributed by atoms with van der Waals surface area (Å²) in [5.41, 5.74) is 1.68. The molecule has 1 heterocycles. The minimum absolute atomic E-state index is 0.0159. The lowest BCUT2D eigenvalue weighted by atomic mass is 10.2. The number of nitrogens with zero attached hydrogens (tertiary/aromatic N) is 1. The van der Waals surface area contributed by atoms with Gasteiger partial charge in [-0.25, -0.2) is 0 Å². The molecule has 0 aliphatic carbocycles. The SMILES string of the molecule is Cc1cc(Cl)ccc1N1CC(=O)CC1=O. The van der Waals surface area contributed by atoms with E-state index in [4.69, 9.17) is 11.6 Å². The van der Waals surface area contributed by atoms with E-state index in [1.807, 2.05) is 6.92 Å². The van der Waals surface area contributed by atoms with Crippen LogP contribution in [0.5, 0.6) is 0 Å². The molecule has 3 nitrogen and oxygen atoms in total. The minimum Gasteiger partial charge on any atom is -0.304 e. The van der Waals surface area contributed by atoms with E-state index in [1.54, 1.807) is 18.2 Å². The van der Waals surface area contributed by atoms with Gasteiger partial charge in [0.25, 0.3) is 0 Å². The molecule has 0 spiro atoms. The van der Waals surface area contributed by atoms with Crippen molar-refractivity contribution in [2.75, 3.05) is 11.4 Å². The number of ketones is 1. The summed E-state index contributed by atoms with van der Waals surface area (Å²) in [6.45, 7) is 2.05. The van der Waals surface area contributed by atoms with Gasteiger partial charge in [0.05, 0.1) is 13.0 Å². The van der Waals surface area contributed by atoms with Gasteiger partial charge < -0.3 is 4.90 Å². The van der Waals surface area contributed by atoms with Crippen LogP contribution in [-0.2, 0) is 9.59 Å². The van der Waals surface area contributed by atoms with Gasteiger partial charge in [0.15, 0.2) is 5.78 Å². The Labute approximate surface area is 92.6 Å². The van der Waals surface area contributed by atoms with Crippen molar-refractivity contribution >= 4 is 29.0 Å². The Kier molecular flexibility index (Phi) is 2.49. The number of halogens is 1. The molecule has 1 amide bonds. The average molecular weight is 224 g/mol. The van der Waals surface area contributed by atoms with Gasteiger partial charge in [-0.15, -0.1) is 0 Å². The first kappa shape index (κ1) is 10.2. The normalized spacial score (nSPS) is 16.3. The number of hydrogen-bond donors (Lipinski definition) is 0. The number of carbonyl (C=O) groups excluding carboxylic acids is 2. The zero-order chi connectivity index (χ0) is 11.0. The smallest absolute Gasteiger partial charge is 0.234 e. The monoisotopic (exact) mass is 223 g/mol. The van der Waals surface area contributed by atoms with Crippen LogP contribution in [-0.4, -0.2) is 18.2 Å². The summed E-state index contributed by atoms with van der Waals surface area (Å²) in [4.78, 5) is 24.1. The molecular weight excluding hydrogens is 214 g/mol. The fraction of sp³-hybridized carbons (Fsp3) is 0.273. The van der Waals surface area contributed by atoms with Crippen LogP contribution in [0.3, 0.4) is 0 Å². The summed E-state index contributed by atoms with van der Waals surface area (Å²) in [6, 6.07) is 5.28. The molecule has 1 fully saturated rings. The lowest BCUT2D eigenvalue weighted by molar-refractivity contribution is -0.121. The van der Waals surface area contributed by atoms with E-state index in [0.717, 1.165) is 11.3 Å². The summed E-state index contributed by atoms with van der Waals surface area (Å²) >= 11 is 5.82. The maximum atomic E-state index is 11.5. The fourth-order valence-corrected chi connectivity index (χ4v) is 1.95. The van der Waals surface area contributed by atoms with E-state index in [2.05, 4.69) is 0 Å². The highest BCUT2D eigenvalue weighted by Crippen LogP contribution is 2.26. The molecule has 1 aromatic carbocycles. The Morgan fingerprint density at radius 2 is 2.07 bits per heavy atom. The third-order valence-electron chi connectivity index (χ3n) is 2.43. The molecule has 1 aliphatic heterocycles. The van der Waals surface area contributed by atoms with Gasteiger partial charge in [0.2, 0.25) is 5.91 Å². The first-order chi connectivity index (χ1) is 7.08. The van der Waals surface area contributed by atoms with Crippen molar-refractivity contribution in [2.45, 2.75) is 13.3 Å². The Balaban J connectivity index is 2.38. The summed E-state index contributed by atoms with van der Waals surface area (Å²) in [5.74, 6) is -0.167. The van der Waals surface area contributed by atoms with Crippen LogP contribution in [0.1, 0.15) is 12.0 Å². The van der Waals surface area contributed by atoms with Crippen molar-refractivity contribution in [2.24, 2.45) is 0 Å². The van der Waals surface area contributed by atoms with Gasteiger partial charge in [-0.2, -0.15) is 0 Å². The standard InChI is InChI=1S/C11H10ClNO2/c1-7-4-8(12)2-3-10(7)13-6-9(14)5-11(13)15/h2-4H,5-6H2,1H3. The molecule has 0 saturated carbocycles. The number of aryl methyl sites for hydroxylation is 1. The maximum absolute atomic E-state index is 11.5. The first-order valence-corrected chi connectivity index (χ1v) is 5.04. The Morgan fingerprint density at radius 3 is 2.60 bits per heavy atom. The summed E-state index contributed by atoms with van der Waals surface area (Å²) in [6.07, 6.45) is 0.0159. The highest BCUT2D eigenvalue weighted by molar-refractivity contribution is 6.30. The van der Waals surface area contributed by atoms with Gasteiger partial charge in [0.1, 0.15) is 0 Å². The number of carbonyl (C=O) groups is 2. The van der Waals surface area contributed by atoms with Crippen molar-refractivity contribution < 1.29 is 9.59 Å². The molecule has 78 valence electrons. The highest BCUT2D eigenvalue weighted by Gasteiger charge is 2.29. The van der Waals surface area contributed by atoms with E-state index in [9.17, 15) is 9.59 Å². The molecular formula is C11H10ClNO2. The van der Waals surface area contributed by atoms with Crippen LogP contribution in [0, 0.1) is 6.92 Å². The lowest BCUT2D eigenvalue weighted by Crippen LogP contribution is -2.25. The topological polar surface area (TPSA) is 37.4 Å². The van der Waals surface area contributed by atoms with Gasteiger partial charge >= 0.3 is 0 Å². The Hall–Kier alpha value is -1.35. The van der Waals surface area contributed by atoms with Crippen LogP contribution in [0.15, 0.2) is 18.2 Å². The Morgan fingerprint density at radius 1 is 1.33 bits per heavy atom. The third-order valence-corrected chi connectivity index (χ3v) is 2.67. The number of amides is 1. The molecule has 0 radical (unpaired) electrons. The van der Waals surface area contributed by atoms with Crippen molar-refractivity contribution in [3.63, 3.8) is 0 Å². The Bertz CT molecular complexity index is 442. The molecule has 15 heavy (non-hydrogen) atoms. The number of hydrogen-bond acceptors (Lipinski definition) is 2. The van der Waals surface area contributed by atoms with Crippen molar-refractivity contribution in [3.05, 3.63) is 28.8 Å². The summed E-state index contributed by atoms with van der Waals surface area (Å²) in [5, 5.41) is 0.634. The summed E-state index contributed by atoms with van der Waals surface area (Å²) in [7, 11) is 0. The van der Waals surface area contributed by atoms with Crippen molar-refractivity contribution in [3.8, 4) is 0 Å². The zero-order valence-corrected chi connectivity index (χ0v) is 9.04. The van der Waals surface area contributed by atoms with E-state index < -0.39 is 0 Å². The van der Waals surface area contributed by atoms with Crippen molar-refractivity contribution in [1.82, 2.24) is 0 Å². The van der Waals surface area contributed by atoms with Gasteiger partial charge in [-0.05, 0) is 30.7 Å². The molecule has 0 atom stereocenters. The zero-order valence-electron chi connectivity index (χ0n) is 8.29. The second-order valence-electron chi connectivity index (χ2n) is 3.63. The second kappa shape index (κ2) is 3.66. The minimum atomic E-state index is -0.134. The quantitative estimate of drug-likeness (QED) is 0.683. The molecule has 0 N–H and O–H groups in total. The van der Waals surface area contributed by atoms with E-state index >= 15 is 0 Å². The van der Waals surface area contributed by atoms with Crippen LogP contribution in [0.2, 0.25) is 5.02 Å². The molecule has 2 rings (SSSR count). The largest absolute Gasteiger partial charge is 0.304 e. The molecule has 0 aromatic heterocycles.